The summed E-state index contributed by atoms with van der Waals surface area (Å²) in [6, 6.07) is 3.57. The lowest BCUT2D eigenvalue weighted by Crippen LogP contribution is -2.44. The average Bonchev–Trinajstić information content (AvgIpc) is 3.11. The number of hydrogen-bond donors (Lipinski definition) is 2. The van der Waals surface area contributed by atoms with Gasteiger partial charge in [-0.3, -0.25) is 9.59 Å². The number of benzene rings is 1. The van der Waals surface area contributed by atoms with E-state index in [1.54, 1.807) is 12.3 Å². The minimum absolute atomic E-state index is 0.0721. The van der Waals surface area contributed by atoms with Crippen molar-refractivity contribution in [1.29, 1.82) is 0 Å². The van der Waals surface area contributed by atoms with Gasteiger partial charge in [0.2, 0.25) is 5.78 Å². The van der Waals surface area contributed by atoms with E-state index < -0.39 is 34.5 Å². The Labute approximate surface area is 165 Å². The van der Waals surface area contributed by atoms with E-state index >= 15 is 0 Å². The molecule has 1 saturated heterocycles. The fraction of sp³-hybridized carbons (Fsp3) is 0.250. The molecule has 1 amide bonds. The molecular weight excluding hydrogens is 380 g/mol. The molecule has 3 heterocycles. The number of H-pyrrole nitrogens is 1. The number of hydrogen-bond acceptors (Lipinski definition) is 5. The van der Waals surface area contributed by atoms with Gasteiger partial charge >= 0.3 is 0 Å². The van der Waals surface area contributed by atoms with Crippen molar-refractivity contribution in [2.75, 3.05) is 38.1 Å². The van der Waals surface area contributed by atoms with Gasteiger partial charge in [-0.2, -0.15) is 0 Å². The molecule has 2 aromatic heterocycles. The summed E-state index contributed by atoms with van der Waals surface area (Å²) in [5.74, 6) is -4.28. The van der Waals surface area contributed by atoms with Gasteiger partial charge in [0.05, 0.1) is 23.0 Å². The quantitative estimate of drug-likeness (QED) is 0.654. The molecular formula is C20H19F2N5O2. The summed E-state index contributed by atoms with van der Waals surface area (Å²) in [5, 5.41) is 0.453. The van der Waals surface area contributed by atoms with Crippen LogP contribution in [0.25, 0.3) is 11.0 Å². The number of piperazine rings is 1. The largest absolute Gasteiger partial charge is 0.368 e. The molecule has 1 aliphatic heterocycles. The minimum Gasteiger partial charge on any atom is -0.368 e. The number of amides is 1. The number of nitrogens with one attached hydrogen (secondary N) is 1. The summed E-state index contributed by atoms with van der Waals surface area (Å²) in [4.78, 5) is 35.9. The van der Waals surface area contributed by atoms with Gasteiger partial charge in [-0.15, -0.1) is 0 Å². The SMILES string of the molecule is CN1CCN(c2cnc3[nH]cc(C(=O)c4c(F)ccc(C(N)=O)c4F)c3c2)CC1. The van der Waals surface area contributed by atoms with Crippen LogP contribution in [-0.4, -0.2) is 59.8 Å². The molecule has 0 aliphatic carbocycles. The Morgan fingerprint density at radius 2 is 1.86 bits per heavy atom. The van der Waals surface area contributed by atoms with Gasteiger partial charge in [-0.25, -0.2) is 13.8 Å². The van der Waals surface area contributed by atoms with Crippen LogP contribution in [0.3, 0.4) is 0 Å². The van der Waals surface area contributed by atoms with Crippen molar-refractivity contribution >= 4 is 28.4 Å². The van der Waals surface area contributed by atoms with Crippen molar-refractivity contribution in [3.05, 3.63) is 58.9 Å². The minimum atomic E-state index is -1.26. The second-order valence-electron chi connectivity index (χ2n) is 7.06. The molecule has 1 fully saturated rings. The Bertz CT molecular complexity index is 1120. The zero-order chi connectivity index (χ0) is 20.7. The van der Waals surface area contributed by atoms with E-state index in [1.807, 2.05) is 7.05 Å². The van der Waals surface area contributed by atoms with Gasteiger partial charge < -0.3 is 20.5 Å². The molecule has 0 unspecified atom stereocenters. The lowest BCUT2D eigenvalue weighted by Gasteiger charge is -2.33. The molecule has 0 bridgehead atoms. The van der Waals surface area contributed by atoms with Crippen molar-refractivity contribution in [1.82, 2.24) is 14.9 Å². The number of likely N-dealkylation sites (N-methyl/N-ethyl adjacent to an activating group) is 1. The van der Waals surface area contributed by atoms with E-state index in [0.29, 0.717) is 11.0 Å². The second-order valence-corrected chi connectivity index (χ2v) is 7.06. The van der Waals surface area contributed by atoms with Crippen LogP contribution in [0.1, 0.15) is 26.3 Å². The third-order valence-electron chi connectivity index (χ3n) is 5.21. The molecule has 0 saturated carbocycles. The lowest BCUT2D eigenvalue weighted by molar-refractivity contribution is 0.0996. The van der Waals surface area contributed by atoms with E-state index in [9.17, 15) is 18.4 Å². The fourth-order valence-corrected chi connectivity index (χ4v) is 3.50. The molecule has 0 atom stereocenters. The Morgan fingerprint density at radius 3 is 2.55 bits per heavy atom. The highest BCUT2D eigenvalue weighted by Crippen LogP contribution is 2.27. The standard InChI is InChI=1S/C20H19F2N5O2/c1-26-4-6-27(7-5-26)11-8-13-14(10-25-20(13)24-9-11)18(28)16-15(21)3-2-12(17(16)22)19(23)29/h2-3,8-10H,4-7H2,1H3,(H2,23,29)(H,24,25). The van der Waals surface area contributed by atoms with Gasteiger partial charge in [0, 0.05) is 43.3 Å². The molecule has 150 valence electrons. The number of carbonyl (C=O) groups is 2. The van der Waals surface area contributed by atoms with E-state index in [-0.39, 0.29) is 5.56 Å². The fourth-order valence-electron chi connectivity index (χ4n) is 3.50. The first-order chi connectivity index (χ1) is 13.9. The topological polar surface area (TPSA) is 95.3 Å². The Balaban J connectivity index is 1.77. The highest BCUT2D eigenvalue weighted by atomic mass is 19.1. The number of anilines is 1. The van der Waals surface area contributed by atoms with Crippen LogP contribution in [0.4, 0.5) is 14.5 Å². The molecule has 0 radical (unpaired) electrons. The summed E-state index contributed by atoms with van der Waals surface area (Å²) >= 11 is 0. The number of fused-ring (bicyclic) bond motifs is 1. The van der Waals surface area contributed by atoms with E-state index in [0.717, 1.165) is 44.0 Å². The molecule has 1 aromatic carbocycles. The lowest BCUT2D eigenvalue weighted by atomic mass is 9.99. The maximum absolute atomic E-state index is 14.6. The number of rotatable bonds is 4. The Kier molecular flexibility index (Phi) is 4.75. The molecule has 4 rings (SSSR count). The molecule has 0 spiro atoms. The third kappa shape index (κ3) is 3.33. The van der Waals surface area contributed by atoms with Crippen molar-refractivity contribution in [2.45, 2.75) is 0 Å². The number of ketones is 1. The monoisotopic (exact) mass is 399 g/mol. The number of aromatic nitrogens is 2. The summed E-state index contributed by atoms with van der Waals surface area (Å²) in [5.41, 5.74) is 5.09. The normalized spacial score (nSPS) is 15.1. The summed E-state index contributed by atoms with van der Waals surface area (Å²) in [6.45, 7) is 3.41. The van der Waals surface area contributed by atoms with E-state index in [2.05, 4.69) is 19.8 Å². The molecule has 1 aliphatic rings. The van der Waals surface area contributed by atoms with Crippen LogP contribution in [-0.2, 0) is 0 Å². The molecule has 3 N–H and O–H groups in total. The van der Waals surface area contributed by atoms with Crippen LogP contribution >= 0.6 is 0 Å². The molecule has 7 nitrogen and oxygen atoms in total. The predicted molar refractivity (Wildman–Crippen MR) is 104 cm³/mol. The van der Waals surface area contributed by atoms with Gasteiger partial charge in [-0.05, 0) is 25.2 Å². The van der Waals surface area contributed by atoms with Crippen LogP contribution < -0.4 is 10.6 Å². The van der Waals surface area contributed by atoms with Crippen molar-refractivity contribution < 1.29 is 18.4 Å². The van der Waals surface area contributed by atoms with E-state index in [4.69, 9.17) is 5.73 Å². The number of halogens is 2. The number of nitrogens with zero attached hydrogens (tertiary/aromatic N) is 3. The van der Waals surface area contributed by atoms with Gasteiger partial charge in [-0.1, -0.05) is 0 Å². The van der Waals surface area contributed by atoms with Crippen molar-refractivity contribution in [2.24, 2.45) is 5.73 Å². The highest BCUT2D eigenvalue weighted by molar-refractivity contribution is 6.17. The van der Waals surface area contributed by atoms with Crippen molar-refractivity contribution in [3.8, 4) is 0 Å². The number of primary amides is 1. The van der Waals surface area contributed by atoms with Gasteiger partial charge in [0.25, 0.3) is 5.91 Å². The summed E-state index contributed by atoms with van der Waals surface area (Å²) in [7, 11) is 2.05. The number of nitrogens with two attached hydrogens (primary N) is 1. The Hall–Kier alpha value is -3.33. The first-order valence-electron chi connectivity index (χ1n) is 9.10. The number of pyridine rings is 1. The highest BCUT2D eigenvalue weighted by Gasteiger charge is 2.26. The zero-order valence-corrected chi connectivity index (χ0v) is 15.7. The number of aromatic amines is 1. The molecule has 9 heteroatoms. The summed E-state index contributed by atoms with van der Waals surface area (Å²) in [6.07, 6.45) is 3.07. The number of carbonyl (C=O) groups excluding carboxylic acids is 2. The zero-order valence-electron chi connectivity index (χ0n) is 15.7. The first kappa shape index (κ1) is 19.0. The third-order valence-corrected chi connectivity index (χ3v) is 5.21. The van der Waals surface area contributed by atoms with Crippen LogP contribution in [0, 0.1) is 11.6 Å². The van der Waals surface area contributed by atoms with Crippen LogP contribution in [0.5, 0.6) is 0 Å². The predicted octanol–water partition coefficient (Wildman–Crippen LogP) is 1.92. The van der Waals surface area contributed by atoms with Gasteiger partial charge in [0.15, 0.2) is 0 Å². The smallest absolute Gasteiger partial charge is 0.251 e. The van der Waals surface area contributed by atoms with Crippen LogP contribution in [0.2, 0.25) is 0 Å². The maximum Gasteiger partial charge on any atom is 0.251 e. The first-order valence-corrected chi connectivity index (χ1v) is 9.10. The average molecular weight is 399 g/mol. The van der Waals surface area contributed by atoms with Gasteiger partial charge in [0.1, 0.15) is 17.3 Å². The molecule has 29 heavy (non-hydrogen) atoms. The molecule has 3 aromatic rings. The van der Waals surface area contributed by atoms with Crippen LogP contribution in [0.15, 0.2) is 30.6 Å². The van der Waals surface area contributed by atoms with Crippen molar-refractivity contribution in [3.63, 3.8) is 0 Å². The summed E-state index contributed by atoms with van der Waals surface area (Å²) < 4.78 is 28.9. The second kappa shape index (κ2) is 7.25. The maximum atomic E-state index is 14.6. The Morgan fingerprint density at radius 1 is 1.14 bits per heavy atom. The van der Waals surface area contributed by atoms with E-state index in [1.165, 1.54) is 6.20 Å².